The van der Waals surface area contributed by atoms with Gasteiger partial charge in [0.05, 0.1) is 0 Å². The summed E-state index contributed by atoms with van der Waals surface area (Å²) in [6, 6.07) is 8.17. The molecule has 2 rings (SSSR count). The molecule has 0 aliphatic rings. The van der Waals surface area contributed by atoms with Gasteiger partial charge >= 0.3 is 17.2 Å². The van der Waals surface area contributed by atoms with Crippen LogP contribution in [0.5, 0.6) is 11.5 Å². The average molecular weight is 499 g/mol. The normalized spacial score (nSPS) is 13.3. The lowest BCUT2D eigenvalue weighted by atomic mass is 10.1. The lowest BCUT2D eigenvalue weighted by Gasteiger charge is -2.19. The van der Waals surface area contributed by atoms with Crippen LogP contribution in [-0.2, 0) is 19.7 Å². The summed E-state index contributed by atoms with van der Waals surface area (Å²) in [4.78, 5) is 23.2. The molecular weight excluding hydrogens is 489 g/mol. The monoisotopic (exact) mass is 499 g/mol. The van der Waals surface area contributed by atoms with Crippen molar-refractivity contribution in [2.75, 3.05) is 0 Å². The Morgan fingerprint density at radius 2 is 1.54 bits per heavy atom. The molecule has 0 aromatic heterocycles. The smallest absolute Gasteiger partial charge is 0.429 e. The Morgan fingerprint density at radius 1 is 1.08 bits per heavy atom. The first kappa shape index (κ1) is 20.5. The molecule has 0 aliphatic carbocycles. The topological polar surface area (TPSA) is 110 Å². The molecule has 0 saturated heterocycles. The first-order valence-electron chi connectivity index (χ1n) is 6.88. The average Bonchev–Trinajstić information content (AvgIpc) is 2.55. The van der Waals surface area contributed by atoms with Crippen molar-refractivity contribution in [2.45, 2.75) is 16.1 Å². The van der Waals surface area contributed by atoms with Crippen LogP contribution in [0.15, 0.2) is 36.4 Å². The molecule has 11 heteroatoms. The minimum Gasteiger partial charge on any atom is -0.743 e. The van der Waals surface area contributed by atoms with Gasteiger partial charge in [0.2, 0.25) is 0 Å². The first-order chi connectivity index (χ1) is 11.9. The van der Waals surface area contributed by atoms with E-state index in [0.717, 1.165) is 6.07 Å². The van der Waals surface area contributed by atoms with Crippen molar-refractivity contribution in [3.05, 3.63) is 36.4 Å². The molecule has 0 heterocycles. The summed E-state index contributed by atoms with van der Waals surface area (Å²) in [7, 11) is -6.24. The highest BCUT2D eigenvalue weighted by Gasteiger charge is 2.49. The van der Waals surface area contributed by atoms with Gasteiger partial charge in [-0.15, -0.1) is 0 Å². The highest BCUT2D eigenvalue weighted by Crippen LogP contribution is 2.35. The van der Waals surface area contributed by atoms with E-state index in [1.807, 2.05) is 22.6 Å². The molecule has 26 heavy (non-hydrogen) atoms. The maximum absolute atomic E-state index is 13.3. The molecule has 0 aliphatic heterocycles. The summed E-state index contributed by atoms with van der Waals surface area (Å²) in [5, 5.41) is -4.88. The van der Waals surface area contributed by atoms with Gasteiger partial charge in [-0.1, -0.05) is 46.9 Å². The van der Waals surface area contributed by atoms with Crippen molar-refractivity contribution in [1.29, 1.82) is 0 Å². The van der Waals surface area contributed by atoms with Gasteiger partial charge in [0, 0.05) is 10.8 Å². The van der Waals surface area contributed by atoms with Crippen LogP contribution in [0.25, 0.3) is 10.8 Å². The number of hydrogen-bond donors (Lipinski definition) is 0. The van der Waals surface area contributed by atoms with Gasteiger partial charge in [-0.05, 0) is 19.1 Å². The van der Waals surface area contributed by atoms with Gasteiger partial charge in [-0.3, -0.25) is 4.79 Å². The van der Waals surface area contributed by atoms with E-state index in [9.17, 15) is 31.3 Å². The standard InChI is InChI=1S/C15H11F2IO7S/c1-8(18)13(19)24-11-6-7-12(10-5-3-2-4-9(10)11)25-14(20)15(16,17)26(21,22)23/h2-8H,1H3,(H,21,22,23)/p-1. The van der Waals surface area contributed by atoms with Gasteiger partial charge in [-0.2, -0.15) is 8.78 Å². The second-order valence-corrected chi connectivity index (χ2v) is 8.29. The van der Waals surface area contributed by atoms with Crippen molar-refractivity contribution in [2.24, 2.45) is 0 Å². The van der Waals surface area contributed by atoms with Gasteiger partial charge < -0.3 is 14.0 Å². The third-order valence-corrected chi connectivity index (χ3v) is 4.44. The van der Waals surface area contributed by atoms with E-state index in [-0.39, 0.29) is 16.5 Å². The lowest BCUT2D eigenvalue weighted by molar-refractivity contribution is -0.151. The molecule has 2 aromatic rings. The molecule has 7 nitrogen and oxygen atoms in total. The number of carbonyl (C=O) groups excluding carboxylic acids is 2. The summed E-state index contributed by atoms with van der Waals surface area (Å²) in [6.07, 6.45) is 0. The van der Waals surface area contributed by atoms with Gasteiger partial charge in [0.25, 0.3) is 0 Å². The van der Waals surface area contributed by atoms with E-state index in [0.29, 0.717) is 0 Å². The van der Waals surface area contributed by atoms with Gasteiger partial charge in [-0.25, -0.2) is 13.2 Å². The van der Waals surface area contributed by atoms with Crippen LogP contribution in [0.2, 0.25) is 0 Å². The minimum absolute atomic E-state index is 0.0946. The Balaban J connectivity index is 2.45. The molecule has 1 unspecified atom stereocenters. The molecule has 0 spiro atoms. The van der Waals surface area contributed by atoms with Gasteiger partial charge in [0.15, 0.2) is 10.1 Å². The van der Waals surface area contributed by atoms with Crippen LogP contribution in [0.1, 0.15) is 6.92 Å². The number of carbonyl (C=O) groups is 2. The summed E-state index contributed by atoms with van der Waals surface area (Å²) < 4.78 is 67.3. The van der Waals surface area contributed by atoms with Crippen LogP contribution < -0.4 is 9.47 Å². The number of halogens is 3. The van der Waals surface area contributed by atoms with E-state index in [2.05, 4.69) is 4.74 Å². The Hall–Kier alpha value is -1.86. The summed E-state index contributed by atoms with van der Waals surface area (Å²) in [5.41, 5.74) is 0. The summed E-state index contributed by atoms with van der Waals surface area (Å²) in [5.74, 6) is -3.40. The Morgan fingerprint density at radius 3 is 1.96 bits per heavy atom. The van der Waals surface area contributed by atoms with E-state index in [1.54, 1.807) is 13.0 Å². The molecule has 0 fully saturated rings. The quantitative estimate of drug-likeness (QED) is 0.205. The highest BCUT2D eigenvalue weighted by molar-refractivity contribution is 14.1. The predicted octanol–water partition coefficient (Wildman–Crippen LogP) is 2.61. The van der Waals surface area contributed by atoms with Gasteiger partial charge in [0.1, 0.15) is 15.4 Å². The number of esters is 2. The van der Waals surface area contributed by atoms with Crippen molar-refractivity contribution < 1.29 is 40.8 Å². The number of benzene rings is 2. The SMILES string of the molecule is CC(I)C(=O)Oc1ccc(OC(=O)C(F)(F)S(=O)(=O)[O-])c2ccccc12. The fourth-order valence-electron chi connectivity index (χ4n) is 1.87. The minimum atomic E-state index is -6.24. The van der Waals surface area contributed by atoms with E-state index in [1.165, 1.54) is 24.3 Å². The largest absolute Gasteiger partial charge is 0.743 e. The number of hydrogen-bond acceptors (Lipinski definition) is 7. The number of rotatable bonds is 5. The molecule has 140 valence electrons. The zero-order valence-electron chi connectivity index (χ0n) is 12.9. The third kappa shape index (κ3) is 4.10. The maximum atomic E-state index is 13.3. The molecule has 0 N–H and O–H groups in total. The fourth-order valence-corrected chi connectivity index (χ4v) is 2.25. The number of alkyl halides is 3. The van der Waals surface area contributed by atoms with Crippen LogP contribution >= 0.6 is 22.6 Å². The van der Waals surface area contributed by atoms with E-state index in [4.69, 9.17) is 4.74 Å². The van der Waals surface area contributed by atoms with Crippen LogP contribution in [-0.4, -0.2) is 34.1 Å². The van der Waals surface area contributed by atoms with Crippen LogP contribution in [0, 0.1) is 0 Å². The predicted molar refractivity (Wildman–Crippen MR) is 93.3 cm³/mol. The third-order valence-electron chi connectivity index (χ3n) is 3.13. The van der Waals surface area contributed by atoms with Crippen molar-refractivity contribution >= 4 is 55.4 Å². The molecule has 0 bridgehead atoms. The van der Waals surface area contributed by atoms with E-state index >= 15 is 0 Å². The first-order valence-corrected chi connectivity index (χ1v) is 9.53. The Bertz CT molecular complexity index is 973. The summed E-state index contributed by atoms with van der Waals surface area (Å²) >= 11 is 1.84. The lowest BCUT2D eigenvalue weighted by Crippen LogP contribution is -2.40. The molecule has 0 radical (unpaired) electrons. The summed E-state index contributed by atoms with van der Waals surface area (Å²) in [6.45, 7) is 1.60. The zero-order chi connectivity index (χ0) is 19.7. The van der Waals surface area contributed by atoms with Crippen molar-refractivity contribution in [1.82, 2.24) is 0 Å². The number of fused-ring (bicyclic) bond motifs is 1. The fraction of sp³-hybridized carbons (Fsp3) is 0.200. The second kappa shape index (κ2) is 7.40. The highest BCUT2D eigenvalue weighted by atomic mass is 127. The van der Waals surface area contributed by atoms with Crippen LogP contribution in [0.3, 0.4) is 0 Å². The van der Waals surface area contributed by atoms with E-state index < -0.39 is 37.0 Å². The second-order valence-electron chi connectivity index (χ2n) is 5.00. The Kier molecular flexibility index (Phi) is 5.82. The Labute approximate surface area is 160 Å². The maximum Gasteiger partial charge on any atom is 0.429 e. The van der Waals surface area contributed by atoms with Crippen molar-refractivity contribution in [3.63, 3.8) is 0 Å². The van der Waals surface area contributed by atoms with Crippen LogP contribution in [0.4, 0.5) is 8.78 Å². The molecule has 0 saturated carbocycles. The van der Waals surface area contributed by atoms with Crippen molar-refractivity contribution in [3.8, 4) is 11.5 Å². The molecule has 0 amide bonds. The number of ether oxygens (including phenoxy) is 2. The molecular formula is C15H10F2IO7S-. The molecule has 2 aromatic carbocycles. The zero-order valence-corrected chi connectivity index (χ0v) is 15.9. The molecule has 1 atom stereocenters.